The molecule has 1 aliphatic carbocycles. The van der Waals surface area contributed by atoms with Crippen molar-refractivity contribution in [3.63, 3.8) is 0 Å². The highest BCUT2D eigenvalue weighted by Crippen LogP contribution is 2.46. The topological polar surface area (TPSA) is 56.0 Å². The highest BCUT2D eigenvalue weighted by atomic mass is 35.5. The minimum absolute atomic E-state index is 0.135. The lowest BCUT2D eigenvalue weighted by atomic mass is 10.1. The van der Waals surface area contributed by atoms with Gasteiger partial charge in [0, 0.05) is 17.3 Å². The van der Waals surface area contributed by atoms with Crippen molar-refractivity contribution < 1.29 is 0 Å². The Hall–Kier alpha value is -2.74. The third kappa shape index (κ3) is 2.19. The molecule has 1 aromatic heterocycles. The van der Waals surface area contributed by atoms with E-state index in [4.69, 9.17) is 16.8 Å². The van der Waals surface area contributed by atoms with Gasteiger partial charge in [-0.25, -0.2) is 10.0 Å². The molecule has 1 saturated carbocycles. The molecule has 4 heterocycles. The number of halogens is 1. The van der Waals surface area contributed by atoms with E-state index < -0.39 is 0 Å². The molecule has 9 heteroatoms. The lowest BCUT2D eigenvalue weighted by Crippen LogP contribution is -2.52. The van der Waals surface area contributed by atoms with Crippen molar-refractivity contribution in [2.45, 2.75) is 25.9 Å². The highest BCUT2D eigenvalue weighted by molar-refractivity contribution is 6.14. The Balaban J connectivity index is 1.42. The van der Waals surface area contributed by atoms with E-state index in [1.54, 1.807) is 4.42 Å². The van der Waals surface area contributed by atoms with Gasteiger partial charge in [0.15, 0.2) is 12.0 Å². The van der Waals surface area contributed by atoms with Crippen LogP contribution in [0.1, 0.15) is 30.8 Å². The maximum absolute atomic E-state index is 6.34. The molecule has 6 rings (SSSR count). The zero-order valence-electron chi connectivity index (χ0n) is 14.9. The van der Waals surface area contributed by atoms with E-state index in [9.17, 15) is 0 Å². The summed E-state index contributed by atoms with van der Waals surface area (Å²) in [5.74, 6) is 2.49. The van der Waals surface area contributed by atoms with Crippen LogP contribution in [0.5, 0.6) is 0 Å². The fourth-order valence-electron chi connectivity index (χ4n) is 4.22. The van der Waals surface area contributed by atoms with Crippen LogP contribution < -0.4 is 10.0 Å². The van der Waals surface area contributed by atoms with Crippen molar-refractivity contribution in [1.29, 1.82) is 0 Å². The van der Waals surface area contributed by atoms with Gasteiger partial charge in [-0.15, -0.1) is 9.89 Å². The van der Waals surface area contributed by atoms with Crippen LogP contribution in [0.4, 0.5) is 5.69 Å². The van der Waals surface area contributed by atoms with Crippen molar-refractivity contribution in [3.8, 4) is 0 Å². The number of para-hydroxylation sites is 1. The fourth-order valence-corrected chi connectivity index (χ4v) is 4.42. The maximum atomic E-state index is 6.34. The number of hydrogen-bond acceptors (Lipinski definition) is 7. The summed E-state index contributed by atoms with van der Waals surface area (Å²) in [7, 11) is 0. The van der Waals surface area contributed by atoms with E-state index in [0.717, 1.165) is 41.0 Å². The van der Waals surface area contributed by atoms with Gasteiger partial charge in [0.25, 0.3) is 0 Å². The van der Waals surface area contributed by atoms with Crippen molar-refractivity contribution in [2.75, 3.05) is 16.7 Å². The first-order valence-corrected chi connectivity index (χ1v) is 9.57. The quantitative estimate of drug-likeness (QED) is 0.760. The molecule has 3 unspecified atom stereocenters. The summed E-state index contributed by atoms with van der Waals surface area (Å²) in [6, 6.07) is 8.33. The molecule has 0 radical (unpaired) electrons. The molecule has 1 fully saturated rings. The number of aromatic nitrogens is 3. The molecule has 27 heavy (non-hydrogen) atoms. The second kappa shape index (κ2) is 5.39. The summed E-state index contributed by atoms with van der Waals surface area (Å²) >= 11 is 6.34. The summed E-state index contributed by atoms with van der Waals surface area (Å²) in [4.78, 5) is 8.84. The molecule has 138 valence electrons. The van der Waals surface area contributed by atoms with E-state index in [1.165, 1.54) is 6.42 Å². The van der Waals surface area contributed by atoms with Crippen molar-refractivity contribution in [3.05, 3.63) is 53.7 Å². The number of anilines is 1. The molecule has 3 aliphatic heterocycles. The summed E-state index contributed by atoms with van der Waals surface area (Å²) in [5, 5.41) is 12.6. The van der Waals surface area contributed by atoms with Gasteiger partial charge in [-0.2, -0.15) is 5.12 Å². The van der Waals surface area contributed by atoms with Gasteiger partial charge in [0.1, 0.15) is 13.0 Å². The molecule has 8 nitrogen and oxygen atoms in total. The van der Waals surface area contributed by atoms with Crippen LogP contribution in [-0.4, -0.2) is 37.5 Å². The van der Waals surface area contributed by atoms with Crippen LogP contribution in [0.2, 0.25) is 0 Å². The van der Waals surface area contributed by atoms with Crippen LogP contribution >= 0.6 is 11.8 Å². The molecule has 1 aromatic carbocycles. The monoisotopic (exact) mass is 382 g/mol. The number of rotatable bonds is 3. The minimum atomic E-state index is -0.135. The van der Waals surface area contributed by atoms with Crippen molar-refractivity contribution >= 4 is 23.8 Å². The summed E-state index contributed by atoms with van der Waals surface area (Å²) in [5.41, 5.74) is 3.39. The van der Waals surface area contributed by atoms with Gasteiger partial charge in [-0.1, -0.05) is 25.1 Å². The van der Waals surface area contributed by atoms with E-state index >= 15 is 0 Å². The Labute approximate surface area is 162 Å². The van der Waals surface area contributed by atoms with E-state index in [-0.39, 0.29) is 6.17 Å². The predicted molar refractivity (Wildman–Crippen MR) is 102 cm³/mol. The van der Waals surface area contributed by atoms with Gasteiger partial charge < -0.3 is 4.90 Å². The van der Waals surface area contributed by atoms with Crippen LogP contribution in [0.3, 0.4) is 0 Å². The molecule has 0 N–H and O–H groups in total. The Morgan fingerprint density at radius 3 is 2.96 bits per heavy atom. The number of hydrazine groups is 1. The summed E-state index contributed by atoms with van der Waals surface area (Å²) < 4.78 is 1.67. The first kappa shape index (κ1) is 15.3. The summed E-state index contributed by atoms with van der Waals surface area (Å²) in [6.07, 6.45) is 7.75. The molecule has 3 atom stereocenters. The average molecular weight is 383 g/mol. The van der Waals surface area contributed by atoms with E-state index in [1.807, 2.05) is 40.8 Å². The molecule has 0 bridgehead atoms. The van der Waals surface area contributed by atoms with Gasteiger partial charge >= 0.3 is 0 Å². The third-order valence-corrected chi connectivity index (χ3v) is 6.06. The largest absolute Gasteiger partial charge is 0.305 e. The molecule has 4 aliphatic rings. The second-order valence-electron chi connectivity index (χ2n) is 7.61. The van der Waals surface area contributed by atoms with Crippen molar-refractivity contribution in [1.82, 2.24) is 24.5 Å². The molecule has 0 spiro atoms. The van der Waals surface area contributed by atoms with E-state index in [0.29, 0.717) is 6.67 Å². The van der Waals surface area contributed by atoms with Gasteiger partial charge in [0.2, 0.25) is 0 Å². The Morgan fingerprint density at radius 2 is 2.11 bits per heavy atom. The van der Waals surface area contributed by atoms with E-state index in [2.05, 4.69) is 39.3 Å². The Morgan fingerprint density at radius 1 is 1.26 bits per heavy atom. The van der Waals surface area contributed by atoms with Crippen LogP contribution in [-0.2, 0) is 6.42 Å². The Bertz CT molecular complexity index is 968. The zero-order valence-corrected chi connectivity index (χ0v) is 15.6. The maximum Gasteiger partial charge on any atom is 0.173 e. The number of nitrogens with zero attached hydrogens (tertiary/aromatic N) is 8. The number of hydrogen-bond donors (Lipinski definition) is 0. The van der Waals surface area contributed by atoms with Crippen LogP contribution in [0.25, 0.3) is 0 Å². The zero-order chi connectivity index (χ0) is 18.1. The number of fused-ring (bicyclic) bond motifs is 6. The van der Waals surface area contributed by atoms with Crippen LogP contribution in [0.15, 0.2) is 47.5 Å². The molecular formula is C18H19ClN8. The predicted octanol–water partition coefficient (Wildman–Crippen LogP) is 2.42. The minimum Gasteiger partial charge on any atom is -0.305 e. The first-order chi connectivity index (χ1) is 13.2. The third-order valence-electron chi connectivity index (χ3n) is 5.85. The normalized spacial score (nSPS) is 27.6. The molecule has 0 saturated heterocycles. The average Bonchev–Trinajstić information content (AvgIpc) is 3.06. The van der Waals surface area contributed by atoms with Crippen LogP contribution in [0, 0.1) is 11.8 Å². The number of aliphatic imine (C=N–C) groups is 1. The van der Waals surface area contributed by atoms with Gasteiger partial charge in [-0.05, 0) is 36.0 Å². The molecular weight excluding hydrogens is 364 g/mol. The Kier molecular flexibility index (Phi) is 3.06. The fraction of sp³-hybridized carbons (Fsp3) is 0.389. The second-order valence-corrected chi connectivity index (χ2v) is 8.04. The lowest BCUT2D eigenvalue weighted by Gasteiger charge is -2.42. The number of benzene rings is 1. The van der Waals surface area contributed by atoms with Crippen molar-refractivity contribution in [2.24, 2.45) is 16.8 Å². The summed E-state index contributed by atoms with van der Waals surface area (Å²) in [6.45, 7) is 2.89. The van der Waals surface area contributed by atoms with Gasteiger partial charge in [0.05, 0.1) is 23.8 Å². The van der Waals surface area contributed by atoms with Gasteiger partial charge in [-0.3, -0.25) is 4.42 Å². The highest BCUT2D eigenvalue weighted by Gasteiger charge is 2.44. The molecule has 2 aromatic rings. The standard InChI is InChI=1S/C18H19ClN8/c1-12-6-13(12)7-14-8-21-22-27(14)25-10-20-18-15-4-2-3-5-16(15)24-11-23(19)9-17(24)26(18)25/h2-5,8-10,12-13,18H,6-7,11H2,1H3. The smallest absolute Gasteiger partial charge is 0.173 e. The first-order valence-electron chi connectivity index (χ1n) is 9.23. The lowest BCUT2D eigenvalue weighted by molar-refractivity contribution is 0.223. The SMILES string of the molecule is CC1CC1Cc1cnnn1N1C=NC2c3ccccc3N3CN(Cl)C=C3N21. The molecule has 0 amide bonds.